The van der Waals surface area contributed by atoms with Crippen LogP contribution < -0.4 is 5.32 Å². The molecule has 1 fully saturated rings. The summed E-state index contributed by atoms with van der Waals surface area (Å²) in [7, 11) is 0. The fourth-order valence-corrected chi connectivity index (χ4v) is 2.80. The van der Waals surface area contributed by atoms with Crippen LogP contribution in [0.25, 0.3) is 0 Å². The summed E-state index contributed by atoms with van der Waals surface area (Å²) in [6.45, 7) is 6.83. The minimum Gasteiger partial charge on any atom is -0.381 e. The summed E-state index contributed by atoms with van der Waals surface area (Å²) in [5.41, 5.74) is 0.405. The van der Waals surface area contributed by atoms with Crippen molar-refractivity contribution >= 4 is 6.03 Å². The first-order chi connectivity index (χ1) is 11.0. The van der Waals surface area contributed by atoms with Crippen LogP contribution in [-0.4, -0.2) is 43.8 Å². The van der Waals surface area contributed by atoms with Crippen molar-refractivity contribution in [3.8, 4) is 0 Å². The van der Waals surface area contributed by atoms with Crippen molar-refractivity contribution in [3.05, 3.63) is 35.4 Å². The Bertz CT molecular complexity index is 539. The maximum Gasteiger partial charge on any atom is 0.317 e. The maximum atomic E-state index is 13.7. The molecule has 0 aliphatic carbocycles. The van der Waals surface area contributed by atoms with E-state index >= 15 is 0 Å². The first-order valence-corrected chi connectivity index (χ1v) is 8.06. The second-order valence-electron chi connectivity index (χ2n) is 6.01. The highest BCUT2D eigenvalue weighted by molar-refractivity contribution is 5.74. The van der Waals surface area contributed by atoms with Crippen molar-refractivity contribution in [3.63, 3.8) is 0 Å². The van der Waals surface area contributed by atoms with Crippen LogP contribution in [0.1, 0.15) is 31.7 Å². The van der Waals surface area contributed by atoms with Gasteiger partial charge in [0.25, 0.3) is 0 Å². The average molecular weight is 326 g/mol. The van der Waals surface area contributed by atoms with E-state index in [0.717, 1.165) is 12.5 Å². The lowest BCUT2D eigenvalue weighted by Crippen LogP contribution is -2.40. The largest absolute Gasteiger partial charge is 0.381 e. The quantitative estimate of drug-likeness (QED) is 0.872. The molecule has 0 aromatic heterocycles. The molecule has 0 unspecified atom stereocenters. The smallest absolute Gasteiger partial charge is 0.317 e. The Hall–Kier alpha value is -1.69. The highest BCUT2D eigenvalue weighted by Gasteiger charge is 2.26. The van der Waals surface area contributed by atoms with Crippen LogP contribution in [0.4, 0.5) is 13.6 Å². The van der Waals surface area contributed by atoms with Crippen molar-refractivity contribution in [2.24, 2.45) is 5.92 Å². The normalized spacial score (nSPS) is 19.0. The Balaban J connectivity index is 1.80. The number of nitrogens with one attached hydrogen (secondary N) is 1. The minimum absolute atomic E-state index is 0.140. The first kappa shape index (κ1) is 17.7. The number of benzene rings is 1. The Morgan fingerprint density at radius 3 is 2.96 bits per heavy atom. The highest BCUT2D eigenvalue weighted by atomic mass is 19.1. The number of halogens is 2. The molecule has 2 rings (SSSR count). The van der Waals surface area contributed by atoms with Gasteiger partial charge in [-0.2, -0.15) is 0 Å². The molecule has 0 spiro atoms. The van der Waals surface area contributed by atoms with Gasteiger partial charge in [0, 0.05) is 44.1 Å². The van der Waals surface area contributed by atoms with Gasteiger partial charge < -0.3 is 15.0 Å². The van der Waals surface area contributed by atoms with Crippen LogP contribution in [-0.2, 0) is 4.74 Å². The molecule has 23 heavy (non-hydrogen) atoms. The van der Waals surface area contributed by atoms with Crippen LogP contribution >= 0.6 is 0 Å². The number of rotatable bonds is 6. The number of hydrogen-bond donors (Lipinski definition) is 1. The van der Waals surface area contributed by atoms with Crippen LogP contribution in [0.5, 0.6) is 0 Å². The van der Waals surface area contributed by atoms with Gasteiger partial charge in [-0.25, -0.2) is 13.6 Å². The van der Waals surface area contributed by atoms with Gasteiger partial charge in [0.1, 0.15) is 11.6 Å². The molecule has 1 saturated heterocycles. The minimum atomic E-state index is -0.597. The molecule has 0 bridgehead atoms. The second-order valence-corrected chi connectivity index (χ2v) is 6.01. The molecule has 0 radical (unpaired) electrons. The predicted molar refractivity (Wildman–Crippen MR) is 84.3 cm³/mol. The van der Waals surface area contributed by atoms with Crippen molar-refractivity contribution in [1.29, 1.82) is 0 Å². The molecule has 0 saturated carbocycles. The van der Waals surface area contributed by atoms with Gasteiger partial charge in [0.05, 0.1) is 6.61 Å². The number of ether oxygens (including phenoxy) is 1. The zero-order valence-corrected chi connectivity index (χ0v) is 13.6. The Morgan fingerprint density at radius 1 is 1.48 bits per heavy atom. The molecule has 1 aromatic carbocycles. The van der Waals surface area contributed by atoms with E-state index in [0.29, 0.717) is 44.3 Å². The van der Waals surface area contributed by atoms with Gasteiger partial charge in [0.2, 0.25) is 0 Å². The summed E-state index contributed by atoms with van der Waals surface area (Å²) in [4.78, 5) is 13.9. The van der Waals surface area contributed by atoms with Crippen molar-refractivity contribution in [1.82, 2.24) is 10.2 Å². The first-order valence-electron chi connectivity index (χ1n) is 8.06. The Kier molecular flexibility index (Phi) is 6.33. The topological polar surface area (TPSA) is 41.6 Å². The predicted octanol–water partition coefficient (Wildman–Crippen LogP) is 3.14. The van der Waals surface area contributed by atoms with Gasteiger partial charge in [0.15, 0.2) is 0 Å². The van der Waals surface area contributed by atoms with E-state index in [4.69, 9.17) is 4.74 Å². The Morgan fingerprint density at radius 2 is 2.26 bits per heavy atom. The molecule has 4 nitrogen and oxygen atoms in total. The molecule has 1 N–H and O–H groups in total. The van der Waals surface area contributed by atoms with Crippen LogP contribution in [0, 0.1) is 17.6 Å². The standard InChI is InChI=1S/C17H24F2N2O2/c1-3-23-11-13-6-7-21(10-13)17(22)20-9-12(2)15-5-4-14(18)8-16(15)19/h4-5,8,12-13H,3,6-7,9-11H2,1-2H3,(H,20,22)/t12-,13-/m0/s1. The number of nitrogens with zero attached hydrogens (tertiary/aromatic N) is 1. The summed E-state index contributed by atoms with van der Waals surface area (Å²) in [6, 6.07) is 3.38. The van der Waals surface area contributed by atoms with E-state index in [-0.39, 0.29) is 11.9 Å². The molecule has 1 aliphatic rings. The molecule has 1 aromatic rings. The lowest BCUT2D eigenvalue weighted by Gasteiger charge is -2.20. The molecule has 128 valence electrons. The van der Waals surface area contributed by atoms with Gasteiger partial charge in [-0.15, -0.1) is 0 Å². The SMILES string of the molecule is CCOC[C@H]1CCN(C(=O)NC[C@H](C)c2ccc(F)cc2F)C1. The van der Waals surface area contributed by atoms with E-state index < -0.39 is 11.6 Å². The number of amides is 2. The summed E-state index contributed by atoms with van der Waals surface area (Å²) in [5, 5.41) is 2.83. The lowest BCUT2D eigenvalue weighted by atomic mass is 10.0. The number of likely N-dealkylation sites (tertiary alicyclic amines) is 1. The molecule has 2 amide bonds. The van der Waals surface area contributed by atoms with E-state index in [9.17, 15) is 13.6 Å². The van der Waals surface area contributed by atoms with Crippen molar-refractivity contribution < 1.29 is 18.3 Å². The molecular weight excluding hydrogens is 302 g/mol. The fraction of sp³-hybridized carbons (Fsp3) is 0.588. The van der Waals surface area contributed by atoms with Crippen molar-refractivity contribution in [2.45, 2.75) is 26.2 Å². The van der Waals surface area contributed by atoms with E-state index in [1.54, 1.807) is 11.8 Å². The Labute approximate surface area is 135 Å². The monoisotopic (exact) mass is 326 g/mol. The third-order valence-electron chi connectivity index (χ3n) is 4.18. The zero-order valence-electron chi connectivity index (χ0n) is 13.6. The van der Waals surface area contributed by atoms with Gasteiger partial charge in [-0.1, -0.05) is 13.0 Å². The second kappa shape index (κ2) is 8.24. The average Bonchev–Trinajstić information content (AvgIpc) is 2.99. The van der Waals surface area contributed by atoms with Crippen LogP contribution in [0.2, 0.25) is 0 Å². The van der Waals surface area contributed by atoms with Gasteiger partial charge in [-0.3, -0.25) is 0 Å². The molecule has 6 heteroatoms. The van der Waals surface area contributed by atoms with E-state index in [1.165, 1.54) is 12.1 Å². The molecule has 2 atom stereocenters. The van der Waals surface area contributed by atoms with Gasteiger partial charge in [-0.05, 0) is 25.0 Å². The number of hydrogen-bond acceptors (Lipinski definition) is 2. The lowest BCUT2D eigenvalue weighted by molar-refractivity contribution is 0.113. The third-order valence-corrected chi connectivity index (χ3v) is 4.18. The number of carbonyl (C=O) groups excluding carboxylic acids is 1. The summed E-state index contributed by atoms with van der Waals surface area (Å²) < 4.78 is 32.0. The summed E-state index contributed by atoms with van der Waals surface area (Å²) in [5.74, 6) is -1.02. The molecular formula is C17H24F2N2O2. The van der Waals surface area contributed by atoms with Crippen LogP contribution in [0.15, 0.2) is 18.2 Å². The van der Waals surface area contributed by atoms with Gasteiger partial charge >= 0.3 is 6.03 Å². The van der Waals surface area contributed by atoms with E-state index in [2.05, 4.69) is 5.32 Å². The van der Waals surface area contributed by atoms with E-state index in [1.807, 2.05) is 6.92 Å². The molecule has 1 heterocycles. The highest BCUT2D eigenvalue weighted by Crippen LogP contribution is 2.20. The zero-order chi connectivity index (χ0) is 16.8. The number of urea groups is 1. The molecule has 1 aliphatic heterocycles. The number of carbonyl (C=O) groups is 1. The third kappa shape index (κ3) is 4.89. The van der Waals surface area contributed by atoms with Crippen molar-refractivity contribution in [2.75, 3.05) is 32.8 Å². The fourth-order valence-electron chi connectivity index (χ4n) is 2.80. The summed E-state index contributed by atoms with van der Waals surface area (Å²) in [6.07, 6.45) is 0.940. The van der Waals surface area contributed by atoms with Crippen LogP contribution in [0.3, 0.4) is 0 Å². The summed E-state index contributed by atoms with van der Waals surface area (Å²) >= 11 is 0. The maximum absolute atomic E-state index is 13.7.